The fourth-order valence-electron chi connectivity index (χ4n) is 2.06. The first-order valence-electron chi connectivity index (χ1n) is 8.18. The van der Waals surface area contributed by atoms with Gasteiger partial charge in [-0.3, -0.25) is 9.59 Å². The van der Waals surface area contributed by atoms with Crippen LogP contribution in [0.3, 0.4) is 0 Å². The maximum Gasteiger partial charge on any atom is 0.354 e. The van der Waals surface area contributed by atoms with Crippen LogP contribution in [0.25, 0.3) is 0 Å². The molecule has 156 valence electrons. The highest BCUT2D eigenvalue weighted by Gasteiger charge is 2.21. The van der Waals surface area contributed by atoms with Crippen LogP contribution in [0.1, 0.15) is 23.2 Å². The lowest BCUT2D eigenvalue weighted by atomic mass is 10.1. The summed E-state index contributed by atoms with van der Waals surface area (Å²) in [7, 11) is 2.27. The van der Waals surface area contributed by atoms with E-state index in [1.54, 1.807) is 0 Å². The Hall–Kier alpha value is -3.89. The Morgan fingerprint density at radius 3 is 2.14 bits per heavy atom. The van der Waals surface area contributed by atoms with Gasteiger partial charge in [0.25, 0.3) is 5.91 Å². The molecule has 4 N–H and O–H groups in total. The molecule has 0 aliphatic rings. The Morgan fingerprint density at radius 2 is 1.66 bits per heavy atom. The number of rotatable bonds is 10. The van der Waals surface area contributed by atoms with Gasteiger partial charge in [0.2, 0.25) is 0 Å². The van der Waals surface area contributed by atoms with Crippen LogP contribution >= 0.6 is 0 Å². The predicted molar refractivity (Wildman–Crippen MR) is 97.9 cm³/mol. The van der Waals surface area contributed by atoms with Crippen molar-refractivity contribution in [2.45, 2.75) is 18.9 Å². The Morgan fingerprint density at radius 1 is 1.03 bits per heavy atom. The van der Waals surface area contributed by atoms with Crippen molar-refractivity contribution < 1.29 is 43.7 Å². The second-order valence-electron chi connectivity index (χ2n) is 5.57. The molecule has 1 unspecified atom stereocenters. The number of benzene rings is 1. The lowest BCUT2D eigenvalue weighted by Crippen LogP contribution is -2.41. The lowest BCUT2D eigenvalue weighted by Gasteiger charge is -2.14. The van der Waals surface area contributed by atoms with Gasteiger partial charge < -0.3 is 30.3 Å². The largest absolute Gasteiger partial charge is 0.481 e. The first-order valence-corrected chi connectivity index (χ1v) is 8.18. The van der Waals surface area contributed by atoms with Crippen LogP contribution in [0.4, 0.5) is 5.69 Å². The molecule has 1 aromatic carbocycles. The highest BCUT2D eigenvalue weighted by Crippen LogP contribution is 2.13. The maximum absolute atomic E-state index is 12.2. The van der Waals surface area contributed by atoms with Crippen molar-refractivity contribution in [3.63, 3.8) is 0 Å². The molecule has 1 atom stereocenters. The van der Waals surface area contributed by atoms with E-state index >= 15 is 0 Å². The molecule has 0 aliphatic carbocycles. The van der Waals surface area contributed by atoms with Crippen molar-refractivity contribution in [2.24, 2.45) is 0 Å². The van der Waals surface area contributed by atoms with Gasteiger partial charge in [-0.2, -0.15) is 0 Å². The topological polar surface area (TPSA) is 168 Å². The molecule has 0 spiro atoms. The monoisotopic (exact) mass is 408 g/mol. The van der Waals surface area contributed by atoms with Gasteiger partial charge in [0.15, 0.2) is 0 Å². The average Bonchev–Trinajstić information content (AvgIpc) is 2.69. The molecule has 0 radical (unpaired) electrons. The molecule has 0 heterocycles. The lowest BCUT2D eigenvalue weighted by molar-refractivity contribution is -0.140. The van der Waals surface area contributed by atoms with E-state index in [0.717, 1.165) is 20.3 Å². The number of hydrogen-bond donors (Lipinski definition) is 4. The van der Waals surface area contributed by atoms with E-state index in [9.17, 15) is 24.0 Å². The molecular weight excluding hydrogens is 388 g/mol. The SMILES string of the molecule is COC(=O)/C=C(/Nc1ccc(C(=O)NC(CCC(=O)O)C(=O)O)cc1)C(=O)OC. The second kappa shape index (κ2) is 11.1. The zero-order valence-corrected chi connectivity index (χ0v) is 15.6. The summed E-state index contributed by atoms with van der Waals surface area (Å²) in [6.45, 7) is 0. The number of carbonyl (C=O) groups is 5. The summed E-state index contributed by atoms with van der Waals surface area (Å²) in [5.74, 6) is -4.85. The van der Waals surface area contributed by atoms with Gasteiger partial charge in [-0.25, -0.2) is 14.4 Å². The fraction of sp³-hybridized carbons (Fsp3) is 0.278. The Kier molecular flexibility index (Phi) is 8.83. The number of carbonyl (C=O) groups excluding carboxylic acids is 3. The zero-order chi connectivity index (χ0) is 22.0. The Labute approximate surface area is 165 Å². The molecule has 0 aromatic heterocycles. The molecule has 0 bridgehead atoms. The zero-order valence-electron chi connectivity index (χ0n) is 15.6. The number of nitrogens with one attached hydrogen (secondary N) is 2. The number of esters is 2. The van der Waals surface area contributed by atoms with Crippen LogP contribution in [0, 0.1) is 0 Å². The van der Waals surface area contributed by atoms with Crippen molar-refractivity contribution in [2.75, 3.05) is 19.5 Å². The van der Waals surface area contributed by atoms with Crippen molar-refractivity contribution in [3.05, 3.63) is 41.6 Å². The van der Waals surface area contributed by atoms with E-state index in [0.29, 0.717) is 5.69 Å². The summed E-state index contributed by atoms with van der Waals surface area (Å²) in [5.41, 5.74) is 0.243. The molecule has 11 heteroatoms. The molecule has 0 aliphatic heterocycles. The molecule has 1 amide bonds. The van der Waals surface area contributed by atoms with Crippen LogP contribution in [0.15, 0.2) is 36.0 Å². The van der Waals surface area contributed by atoms with Gasteiger partial charge >= 0.3 is 23.9 Å². The van der Waals surface area contributed by atoms with Crippen LogP contribution in [0.2, 0.25) is 0 Å². The maximum atomic E-state index is 12.2. The first kappa shape index (κ1) is 23.1. The third-order valence-electron chi connectivity index (χ3n) is 3.55. The minimum atomic E-state index is -1.36. The summed E-state index contributed by atoms with van der Waals surface area (Å²) >= 11 is 0. The van der Waals surface area contributed by atoms with Gasteiger partial charge in [-0.15, -0.1) is 0 Å². The standard InChI is InChI=1S/C18H20N2O9/c1-28-15(23)9-13(18(27)29-2)19-11-5-3-10(4-6-11)16(24)20-12(17(25)26)7-8-14(21)22/h3-6,9,12,19H,7-8H2,1-2H3,(H,20,24)(H,21,22)(H,25,26)/b13-9+. The van der Waals surface area contributed by atoms with Gasteiger partial charge in [-0.05, 0) is 30.7 Å². The molecule has 1 aromatic rings. The second-order valence-corrected chi connectivity index (χ2v) is 5.57. The fourth-order valence-corrected chi connectivity index (χ4v) is 2.06. The van der Waals surface area contributed by atoms with Gasteiger partial charge in [0.1, 0.15) is 11.7 Å². The molecular formula is C18H20N2O9. The number of methoxy groups -OCH3 is 2. The first-order chi connectivity index (χ1) is 13.7. The summed E-state index contributed by atoms with van der Waals surface area (Å²) in [4.78, 5) is 57.0. The highest BCUT2D eigenvalue weighted by atomic mass is 16.5. The van der Waals surface area contributed by atoms with E-state index in [-0.39, 0.29) is 17.7 Å². The third kappa shape index (κ3) is 7.71. The molecule has 0 saturated carbocycles. The molecule has 29 heavy (non-hydrogen) atoms. The number of amides is 1. The van der Waals surface area contributed by atoms with Crippen LogP contribution < -0.4 is 10.6 Å². The van der Waals surface area contributed by atoms with Crippen molar-refractivity contribution in [3.8, 4) is 0 Å². The van der Waals surface area contributed by atoms with Crippen LogP contribution in [0.5, 0.6) is 0 Å². The van der Waals surface area contributed by atoms with Gasteiger partial charge in [0, 0.05) is 17.7 Å². The van der Waals surface area contributed by atoms with E-state index in [4.69, 9.17) is 10.2 Å². The number of anilines is 1. The van der Waals surface area contributed by atoms with E-state index in [1.807, 2.05) is 0 Å². The van der Waals surface area contributed by atoms with Gasteiger partial charge in [-0.1, -0.05) is 0 Å². The third-order valence-corrected chi connectivity index (χ3v) is 3.55. The van der Waals surface area contributed by atoms with Crippen molar-refractivity contribution >= 4 is 35.5 Å². The quantitative estimate of drug-likeness (QED) is 0.313. The smallest absolute Gasteiger partial charge is 0.354 e. The van der Waals surface area contributed by atoms with Gasteiger partial charge in [0.05, 0.1) is 20.3 Å². The van der Waals surface area contributed by atoms with E-state index in [2.05, 4.69) is 20.1 Å². The van der Waals surface area contributed by atoms with Crippen molar-refractivity contribution in [1.29, 1.82) is 0 Å². The van der Waals surface area contributed by atoms with Crippen LogP contribution in [-0.4, -0.2) is 60.3 Å². The summed E-state index contributed by atoms with van der Waals surface area (Å²) in [6.07, 6.45) is 0.214. The normalized spacial score (nSPS) is 11.7. The average molecular weight is 408 g/mol. The number of hydrogen-bond acceptors (Lipinski definition) is 8. The molecule has 0 saturated heterocycles. The number of carboxylic acid groups (broad SMARTS) is 2. The summed E-state index contributed by atoms with van der Waals surface area (Å²) in [6, 6.07) is 4.17. The number of carboxylic acids is 2. The number of ether oxygens (including phenoxy) is 2. The molecule has 1 rings (SSSR count). The minimum absolute atomic E-state index is 0.105. The number of aliphatic carboxylic acids is 2. The summed E-state index contributed by atoms with van der Waals surface area (Å²) < 4.78 is 9.01. The van der Waals surface area contributed by atoms with E-state index < -0.39 is 42.2 Å². The molecule has 0 fully saturated rings. The van der Waals surface area contributed by atoms with Crippen LogP contribution in [-0.2, 0) is 28.7 Å². The minimum Gasteiger partial charge on any atom is -0.481 e. The van der Waals surface area contributed by atoms with Crippen molar-refractivity contribution in [1.82, 2.24) is 5.32 Å². The highest BCUT2D eigenvalue weighted by molar-refractivity contribution is 5.99. The summed E-state index contributed by atoms with van der Waals surface area (Å²) in [5, 5.41) is 22.6. The van der Waals surface area contributed by atoms with E-state index in [1.165, 1.54) is 24.3 Å². The molecule has 11 nitrogen and oxygen atoms in total. The Bertz CT molecular complexity index is 815. The Balaban J connectivity index is 2.88. The predicted octanol–water partition coefficient (Wildman–Crippen LogP) is 0.376.